The van der Waals surface area contributed by atoms with E-state index in [4.69, 9.17) is 17.3 Å². The van der Waals surface area contributed by atoms with E-state index in [1.807, 2.05) is 6.20 Å². The summed E-state index contributed by atoms with van der Waals surface area (Å²) in [4.78, 5) is 14.7. The molecule has 1 aromatic rings. The van der Waals surface area contributed by atoms with Crippen molar-refractivity contribution in [3.05, 3.63) is 47.8 Å². The van der Waals surface area contributed by atoms with Gasteiger partial charge < -0.3 is 14.9 Å². The van der Waals surface area contributed by atoms with Crippen LogP contribution < -0.4 is 0 Å². The van der Waals surface area contributed by atoms with Crippen molar-refractivity contribution < 1.29 is 9.90 Å². The third-order valence-corrected chi connectivity index (χ3v) is 4.40. The van der Waals surface area contributed by atoms with Crippen LogP contribution in [0.5, 0.6) is 0 Å². The van der Waals surface area contributed by atoms with Gasteiger partial charge in [-0.05, 0) is 30.4 Å². The molecule has 0 aromatic heterocycles. The Morgan fingerprint density at radius 1 is 1.25 bits per heavy atom. The summed E-state index contributed by atoms with van der Waals surface area (Å²) in [6.07, 6.45) is 6.89. The zero-order chi connectivity index (χ0) is 14.1. The molecule has 1 aromatic carbocycles. The average molecular weight is 288 g/mol. The molecule has 20 heavy (non-hydrogen) atoms. The molecule has 1 unspecified atom stereocenters. The summed E-state index contributed by atoms with van der Waals surface area (Å²) in [6, 6.07) is 8.95. The van der Waals surface area contributed by atoms with Crippen molar-refractivity contribution in [2.75, 3.05) is 6.67 Å². The fourth-order valence-electron chi connectivity index (χ4n) is 2.89. The second kappa shape index (κ2) is 5.25. The lowest BCUT2D eigenvalue weighted by Crippen LogP contribution is -2.40. The molecule has 4 nitrogen and oxygen atoms in total. The molecule has 0 spiro atoms. The van der Waals surface area contributed by atoms with Gasteiger partial charge in [-0.25, -0.2) is 4.79 Å². The van der Waals surface area contributed by atoms with Crippen LogP contribution in [0.15, 0.2) is 36.7 Å². The first kappa shape index (κ1) is 13.1. The first-order valence-electron chi connectivity index (χ1n) is 6.70. The van der Waals surface area contributed by atoms with Crippen LogP contribution in [-0.4, -0.2) is 38.6 Å². The molecule has 5 heteroatoms. The van der Waals surface area contributed by atoms with E-state index in [-0.39, 0.29) is 4.99 Å². The first-order valence-corrected chi connectivity index (χ1v) is 7.11. The van der Waals surface area contributed by atoms with Crippen LogP contribution in [0, 0.1) is 0 Å². The minimum atomic E-state index is -1.04. The van der Waals surface area contributed by atoms with E-state index in [1.165, 1.54) is 11.1 Å². The van der Waals surface area contributed by atoms with Crippen LogP contribution in [0.1, 0.15) is 17.5 Å². The number of nitrogens with zero attached hydrogens (tertiary/aromatic N) is 2. The fraction of sp³-hybridized carbons (Fsp3) is 0.333. The standard InChI is InChI=1S/C15H16N2O2S/c18-15(19)14(20)17-8-7-16(10-17)13-6-5-11-3-1-2-4-12(11)9-13/h1-4,7-8,13H,5-6,9-10H2,(H,18,19). The topological polar surface area (TPSA) is 43.8 Å². The van der Waals surface area contributed by atoms with Gasteiger partial charge in [0.15, 0.2) is 4.99 Å². The molecule has 0 amide bonds. The Morgan fingerprint density at radius 3 is 2.75 bits per heavy atom. The van der Waals surface area contributed by atoms with E-state index in [2.05, 4.69) is 29.2 Å². The largest absolute Gasteiger partial charge is 0.476 e. The van der Waals surface area contributed by atoms with Gasteiger partial charge in [0.1, 0.15) is 0 Å². The highest BCUT2D eigenvalue weighted by molar-refractivity contribution is 7.81. The highest BCUT2D eigenvalue weighted by atomic mass is 32.1. The third kappa shape index (κ3) is 2.41. The molecule has 1 atom stereocenters. The third-order valence-electron chi connectivity index (χ3n) is 3.99. The lowest BCUT2D eigenvalue weighted by Gasteiger charge is -2.33. The monoisotopic (exact) mass is 288 g/mol. The van der Waals surface area contributed by atoms with Gasteiger partial charge >= 0.3 is 5.97 Å². The van der Waals surface area contributed by atoms with E-state index in [0.29, 0.717) is 12.7 Å². The van der Waals surface area contributed by atoms with Crippen molar-refractivity contribution in [3.8, 4) is 0 Å². The van der Waals surface area contributed by atoms with E-state index in [0.717, 1.165) is 19.3 Å². The van der Waals surface area contributed by atoms with Crippen molar-refractivity contribution in [3.63, 3.8) is 0 Å². The van der Waals surface area contributed by atoms with Gasteiger partial charge in [-0.1, -0.05) is 36.5 Å². The number of benzene rings is 1. The van der Waals surface area contributed by atoms with Gasteiger partial charge in [0.2, 0.25) is 0 Å². The number of carboxylic acid groups (broad SMARTS) is 1. The van der Waals surface area contributed by atoms with Gasteiger partial charge in [0.05, 0.1) is 6.67 Å². The Kier molecular flexibility index (Phi) is 3.44. The fourth-order valence-corrected chi connectivity index (χ4v) is 3.01. The molecule has 0 radical (unpaired) electrons. The molecule has 1 N–H and O–H groups in total. The van der Waals surface area contributed by atoms with Gasteiger partial charge in [-0.15, -0.1) is 0 Å². The van der Waals surface area contributed by atoms with Crippen molar-refractivity contribution in [2.45, 2.75) is 25.3 Å². The van der Waals surface area contributed by atoms with Crippen molar-refractivity contribution in [1.29, 1.82) is 0 Å². The number of carbonyl (C=O) groups is 1. The maximum atomic E-state index is 10.9. The number of thiocarbonyl (C=S) groups is 1. The predicted octanol–water partition coefficient (Wildman–Crippen LogP) is 2.00. The second-order valence-corrected chi connectivity index (χ2v) is 5.59. The summed E-state index contributed by atoms with van der Waals surface area (Å²) >= 11 is 4.90. The number of hydrogen-bond donors (Lipinski definition) is 1. The molecule has 0 fully saturated rings. The molecule has 0 bridgehead atoms. The molecule has 0 saturated heterocycles. The van der Waals surface area contributed by atoms with E-state index in [1.54, 1.807) is 11.1 Å². The van der Waals surface area contributed by atoms with Crippen LogP contribution in [0.2, 0.25) is 0 Å². The normalized spacial score (nSPS) is 20.9. The van der Waals surface area contributed by atoms with Crippen molar-refractivity contribution in [2.24, 2.45) is 0 Å². The van der Waals surface area contributed by atoms with Crippen LogP contribution in [0.4, 0.5) is 0 Å². The minimum absolute atomic E-state index is 0.0417. The summed E-state index contributed by atoms with van der Waals surface area (Å²) in [5.74, 6) is -1.04. The molecule has 104 valence electrons. The van der Waals surface area contributed by atoms with E-state index in [9.17, 15) is 4.79 Å². The lowest BCUT2D eigenvalue weighted by atomic mass is 9.88. The van der Waals surface area contributed by atoms with Crippen molar-refractivity contribution >= 4 is 23.2 Å². The Morgan fingerprint density at radius 2 is 2.00 bits per heavy atom. The first-order chi connectivity index (χ1) is 9.65. The highest BCUT2D eigenvalue weighted by Gasteiger charge is 2.27. The molecule has 2 aliphatic rings. The maximum absolute atomic E-state index is 10.9. The lowest BCUT2D eigenvalue weighted by molar-refractivity contribution is -0.129. The Bertz CT molecular complexity index is 585. The number of hydrogen-bond acceptors (Lipinski definition) is 3. The van der Waals surface area contributed by atoms with Gasteiger partial charge in [-0.3, -0.25) is 0 Å². The average Bonchev–Trinajstić information content (AvgIpc) is 2.95. The summed E-state index contributed by atoms with van der Waals surface area (Å²) in [7, 11) is 0. The number of fused-ring (bicyclic) bond motifs is 1. The van der Waals surface area contributed by atoms with Crippen molar-refractivity contribution in [1.82, 2.24) is 9.80 Å². The van der Waals surface area contributed by atoms with Crippen LogP contribution in [0.3, 0.4) is 0 Å². The predicted molar refractivity (Wildman–Crippen MR) is 80.2 cm³/mol. The highest BCUT2D eigenvalue weighted by Crippen LogP contribution is 2.26. The van der Waals surface area contributed by atoms with Gasteiger partial charge in [0, 0.05) is 18.4 Å². The van der Waals surface area contributed by atoms with Crippen LogP contribution >= 0.6 is 12.2 Å². The SMILES string of the molecule is O=C(O)C(=S)N1C=CN(C2CCc3ccccc3C2)C1. The summed E-state index contributed by atoms with van der Waals surface area (Å²) < 4.78 is 0. The second-order valence-electron chi connectivity index (χ2n) is 5.20. The molecule has 1 aliphatic heterocycles. The summed E-state index contributed by atoms with van der Waals surface area (Å²) in [5, 5.41) is 8.93. The van der Waals surface area contributed by atoms with E-state index < -0.39 is 5.97 Å². The van der Waals surface area contributed by atoms with Gasteiger partial charge in [-0.2, -0.15) is 0 Å². The minimum Gasteiger partial charge on any atom is -0.476 e. The molecule has 1 heterocycles. The molecular formula is C15H16N2O2S. The Labute approximate surface area is 123 Å². The zero-order valence-electron chi connectivity index (χ0n) is 11.0. The molecule has 3 rings (SSSR count). The number of aliphatic carboxylic acids is 1. The molecular weight excluding hydrogens is 272 g/mol. The summed E-state index contributed by atoms with van der Waals surface area (Å²) in [6.45, 7) is 0.540. The maximum Gasteiger partial charge on any atom is 0.364 e. The smallest absolute Gasteiger partial charge is 0.364 e. The Hall–Kier alpha value is -1.88. The molecule has 0 saturated carbocycles. The number of carboxylic acids is 1. The Balaban J connectivity index is 1.67. The van der Waals surface area contributed by atoms with E-state index >= 15 is 0 Å². The van der Waals surface area contributed by atoms with Crippen LogP contribution in [0.25, 0.3) is 0 Å². The van der Waals surface area contributed by atoms with Crippen LogP contribution in [-0.2, 0) is 17.6 Å². The zero-order valence-corrected chi connectivity index (χ0v) is 11.8. The number of rotatable bonds is 1. The van der Waals surface area contributed by atoms with Gasteiger partial charge in [0.25, 0.3) is 0 Å². The number of aryl methyl sites for hydroxylation is 1. The molecule has 1 aliphatic carbocycles. The quantitative estimate of drug-likeness (QED) is 0.801. The summed E-state index contributed by atoms with van der Waals surface area (Å²) in [5.41, 5.74) is 2.83.